The summed E-state index contributed by atoms with van der Waals surface area (Å²) in [6.07, 6.45) is 1.99. The van der Waals surface area contributed by atoms with Crippen LogP contribution in [0.1, 0.15) is 5.69 Å². The van der Waals surface area contributed by atoms with Crippen molar-refractivity contribution in [1.82, 2.24) is 15.2 Å². The number of allylic oxidation sites excluding steroid dienone is 1. The Hall–Kier alpha value is -4.77. The predicted octanol–water partition coefficient (Wildman–Crippen LogP) is 1.03. The molecule has 17 heteroatoms. The van der Waals surface area contributed by atoms with Crippen molar-refractivity contribution in [1.29, 1.82) is 0 Å². The van der Waals surface area contributed by atoms with Gasteiger partial charge in [-0.2, -0.15) is 0 Å². The van der Waals surface area contributed by atoms with Crippen LogP contribution in [0.3, 0.4) is 0 Å². The topological polar surface area (TPSA) is 226 Å². The number of hydrogen-bond donors (Lipinski definition) is 6. The number of nitrogens with one attached hydrogen (secondary N) is 2. The van der Waals surface area contributed by atoms with Crippen molar-refractivity contribution in [2.45, 2.75) is 11.4 Å². The number of carbonyl (C=O) groups is 4. The van der Waals surface area contributed by atoms with Gasteiger partial charge in [0, 0.05) is 22.9 Å². The zero-order chi connectivity index (χ0) is 29.0. The van der Waals surface area contributed by atoms with E-state index in [0.717, 1.165) is 22.3 Å². The van der Waals surface area contributed by atoms with Gasteiger partial charge in [0.2, 0.25) is 0 Å². The van der Waals surface area contributed by atoms with Gasteiger partial charge in [-0.1, -0.05) is 11.2 Å². The molecule has 40 heavy (non-hydrogen) atoms. The number of rotatable bonds is 9. The van der Waals surface area contributed by atoms with Gasteiger partial charge < -0.3 is 35.9 Å². The van der Waals surface area contributed by atoms with Crippen LogP contribution >= 0.6 is 23.1 Å². The third-order valence-corrected chi connectivity index (χ3v) is 7.48. The van der Waals surface area contributed by atoms with Crippen LogP contribution in [0.5, 0.6) is 11.5 Å². The van der Waals surface area contributed by atoms with Gasteiger partial charge in [-0.15, -0.1) is 23.1 Å². The van der Waals surface area contributed by atoms with Crippen LogP contribution in [0, 0.1) is 0 Å². The Bertz CT molecular complexity index is 1450. The lowest BCUT2D eigenvalue weighted by Gasteiger charge is -2.49. The second-order valence-electron chi connectivity index (χ2n) is 8.06. The number of thioether (sulfide) groups is 1. The number of fused-ring (bicyclic) bond motifs is 1. The summed E-state index contributed by atoms with van der Waals surface area (Å²) < 4.78 is 5.01. The molecule has 2 aliphatic rings. The monoisotopic (exact) mass is 590 g/mol. The number of β-lactam (4-membered cyclic amide) rings is 1. The number of aliphatic carboxylic acids is 1. The van der Waals surface area contributed by atoms with Gasteiger partial charge in [-0.25, -0.2) is 14.6 Å². The molecule has 2 aromatic rings. The Morgan fingerprint density at radius 2 is 2.08 bits per heavy atom. The number of hydrogen-bond acceptors (Lipinski definition) is 13. The molecule has 4 rings (SSSR count). The summed E-state index contributed by atoms with van der Waals surface area (Å²) in [5, 5.41) is 38.2. The molecule has 0 unspecified atom stereocenters. The Kier molecular flexibility index (Phi) is 8.44. The highest BCUT2D eigenvalue weighted by atomic mass is 32.2. The molecular formula is C23H22N6O9S2. The average Bonchev–Trinajstić information content (AvgIpc) is 3.35. The van der Waals surface area contributed by atoms with E-state index in [4.69, 9.17) is 15.3 Å². The molecule has 7 N–H and O–H groups in total. The summed E-state index contributed by atoms with van der Waals surface area (Å²) in [5.41, 5.74) is 5.83. The maximum absolute atomic E-state index is 12.9. The van der Waals surface area contributed by atoms with E-state index < -0.39 is 41.0 Å². The number of phenols is 2. The van der Waals surface area contributed by atoms with Gasteiger partial charge >= 0.3 is 12.1 Å². The molecule has 0 radical (unpaired) electrons. The van der Waals surface area contributed by atoms with E-state index in [9.17, 15) is 34.5 Å². The number of phenolic OH excluding ortho intramolecular Hbond substituents is 2. The molecule has 3 heterocycles. The van der Waals surface area contributed by atoms with Crippen LogP contribution in [-0.4, -0.2) is 85.7 Å². The highest BCUT2D eigenvalue weighted by Crippen LogP contribution is 2.40. The molecule has 0 saturated carbocycles. The number of carbonyl (C=O) groups excluding carboxylic acids is 3. The minimum absolute atomic E-state index is 0.164. The van der Waals surface area contributed by atoms with Gasteiger partial charge in [0.1, 0.15) is 36.5 Å². The molecule has 15 nitrogen and oxygen atoms in total. The summed E-state index contributed by atoms with van der Waals surface area (Å²) in [5.74, 6) is -3.29. The van der Waals surface area contributed by atoms with Crippen LogP contribution in [0.25, 0.3) is 0 Å². The highest BCUT2D eigenvalue weighted by Gasteiger charge is 2.54. The number of ether oxygens (including phenoxy) is 1. The molecule has 0 bridgehead atoms. The number of aromatic hydroxyl groups is 2. The number of anilines is 2. The second kappa shape index (κ2) is 12.0. The first-order valence-electron chi connectivity index (χ1n) is 11.3. The van der Waals surface area contributed by atoms with Crippen LogP contribution in [0.15, 0.2) is 52.2 Å². The minimum atomic E-state index is -1.34. The van der Waals surface area contributed by atoms with Gasteiger partial charge in [0.15, 0.2) is 22.3 Å². The first kappa shape index (κ1) is 28.2. The van der Waals surface area contributed by atoms with Gasteiger partial charge in [-0.05, 0) is 23.8 Å². The SMILES string of the molecule is CO/N=C(\C(=O)N[C@@H]1C(=O)N2C(C(=O)O)=C(/C=C/COC(=O)Nc3ccc(O)c(O)c3)CS[C@H]12)c1csc(N)n1. The Balaban J connectivity index is 1.38. The van der Waals surface area contributed by atoms with E-state index in [1.165, 1.54) is 48.5 Å². The zero-order valence-electron chi connectivity index (χ0n) is 20.6. The van der Waals surface area contributed by atoms with Crippen LogP contribution in [0.2, 0.25) is 0 Å². The number of benzene rings is 1. The fraction of sp³-hybridized carbons (Fsp3) is 0.217. The molecule has 1 saturated heterocycles. The number of oxime groups is 1. The van der Waals surface area contributed by atoms with Crippen molar-refractivity contribution in [2.75, 3.05) is 30.5 Å². The van der Waals surface area contributed by atoms with E-state index in [-0.39, 0.29) is 46.0 Å². The number of nitrogen functional groups attached to an aromatic ring is 1. The standard InChI is InChI=1S/C23H22N6O9S2/c1-37-28-15(12-9-40-22(24)26-12)18(32)27-16-19(33)29-17(21(34)35)10(8-39-20(16)29)3-2-6-38-23(36)25-11-4-5-13(30)14(31)7-11/h2-5,7,9,16,20,30-31H,6,8H2,1H3,(H2,24,26)(H,25,36)(H,27,32)(H,34,35)/b3-2+,28-15-/t16-,20-/m1/s1. The molecular weight excluding hydrogens is 568 g/mol. The van der Waals surface area contributed by atoms with Gasteiger partial charge in [0.05, 0.1) is 0 Å². The summed E-state index contributed by atoms with van der Waals surface area (Å²) in [7, 11) is 1.24. The number of amides is 3. The second-order valence-corrected chi connectivity index (χ2v) is 10.1. The molecule has 0 spiro atoms. The van der Waals surface area contributed by atoms with Gasteiger partial charge in [0.25, 0.3) is 11.8 Å². The van der Waals surface area contributed by atoms with Crippen LogP contribution in [-0.2, 0) is 24.0 Å². The lowest BCUT2D eigenvalue weighted by Crippen LogP contribution is -2.71. The normalized spacial score (nSPS) is 18.7. The number of carboxylic acid groups (broad SMARTS) is 1. The van der Waals surface area contributed by atoms with E-state index in [0.29, 0.717) is 5.57 Å². The van der Waals surface area contributed by atoms with E-state index >= 15 is 0 Å². The molecule has 210 valence electrons. The Morgan fingerprint density at radius 3 is 2.73 bits per heavy atom. The van der Waals surface area contributed by atoms with E-state index in [1.807, 2.05) is 0 Å². The van der Waals surface area contributed by atoms with E-state index in [1.54, 1.807) is 0 Å². The number of nitrogens with zero attached hydrogens (tertiary/aromatic N) is 3. The number of carboxylic acids is 1. The van der Waals surface area contributed by atoms with E-state index in [2.05, 4.69) is 20.8 Å². The first-order valence-corrected chi connectivity index (χ1v) is 13.2. The van der Waals surface area contributed by atoms with Crippen molar-refractivity contribution >= 4 is 63.5 Å². The van der Waals surface area contributed by atoms with Crippen LogP contribution in [0.4, 0.5) is 15.6 Å². The Labute approximate surface area is 233 Å². The third-order valence-electron chi connectivity index (χ3n) is 5.50. The molecule has 3 amide bonds. The molecule has 1 aromatic carbocycles. The fourth-order valence-electron chi connectivity index (χ4n) is 3.74. The zero-order valence-corrected chi connectivity index (χ0v) is 22.2. The summed E-state index contributed by atoms with van der Waals surface area (Å²) >= 11 is 2.33. The van der Waals surface area contributed by atoms with Crippen molar-refractivity contribution in [3.63, 3.8) is 0 Å². The lowest BCUT2D eigenvalue weighted by atomic mass is 10.0. The summed E-state index contributed by atoms with van der Waals surface area (Å²) in [6.45, 7) is -0.226. The van der Waals surface area contributed by atoms with Crippen molar-refractivity contribution < 1.29 is 44.1 Å². The summed E-state index contributed by atoms with van der Waals surface area (Å²) in [6, 6.07) is 2.66. The largest absolute Gasteiger partial charge is 0.504 e. The number of aromatic nitrogens is 1. The van der Waals surface area contributed by atoms with Gasteiger partial charge in [-0.3, -0.25) is 19.8 Å². The highest BCUT2D eigenvalue weighted by molar-refractivity contribution is 8.00. The minimum Gasteiger partial charge on any atom is -0.504 e. The fourth-order valence-corrected chi connectivity index (χ4v) is 5.61. The van der Waals surface area contributed by atoms with Crippen molar-refractivity contribution in [3.8, 4) is 11.5 Å². The number of nitrogens with two attached hydrogens (primary N) is 1. The molecule has 2 atom stereocenters. The smallest absolute Gasteiger partial charge is 0.411 e. The quantitative estimate of drug-likeness (QED) is 0.0791. The third kappa shape index (κ3) is 5.94. The maximum Gasteiger partial charge on any atom is 0.411 e. The van der Waals surface area contributed by atoms with Crippen LogP contribution < -0.4 is 16.4 Å². The average molecular weight is 591 g/mol. The number of thiazole rings is 1. The summed E-state index contributed by atoms with van der Waals surface area (Å²) in [4.78, 5) is 59.5. The molecule has 0 aliphatic carbocycles. The maximum atomic E-state index is 12.9. The first-order chi connectivity index (χ1) is 19.1. The Morgan fingerprint density at radius 1 is 1.30 bits per heavy atom. The molecule has 2 aliphatic heterocycles. The molecule has 1 aromatic heterocycles. The lowest BCUT2D eigenvalue weighted by molar-refractivity contribution is -0.150. The van der Waals surface area contributed by atoms with Crippen molar-refractivity contribution in [3.05, 3.63) is 52.7 Å². The molecule has 1 fully saturated rings. The predicted molar refractivity (Wildman–Crippen MR) is 144 cm³/mol. The van der Waals surface area contributed by atoms with Crippen molar-refractivity contribution in [2.24, 2.45) is 5.16 Å².